The smallest absolute Gasteiger partial charge is 0.247 e. The number of methoxy groups -OCH3 is 2. The lowest BCUT2D eigenvalue weighted by atomic mass is 10.1. The Balaban J connectivity index is 1.76. The van der Waals surface area contributed by atoms with E-state index in [0.717, 1.165) is 16.7 Å². The Bertz CT molecular complexity index is 1140. The molecule has 0 spiro atoms. The summed E-state index contributed by atoms with van der Waals surface area (Å²) in [6, 6.07) is 7.24. The van der Waals surface area contributed by atoms with Gasteiger partial charge in [-0.05, 0) is 48.6 Å². The number of aromatic nitrogens is 2. The molecular formula is C24H24Cl2N4O3. The molecule has 0 aliphatic rings. The Morgan fingerprint density at radius 2 is 1.73 bits per heavy atom. The third kappa shape index (κ3) is 5.74. The standard InChI is InChI=1S/C24H24Cl2N4O3/c1-5-20(31)29-17-8-6-7-14(2)23(17)30-24-27-12-15(13-28-24)9-10-16-21(25)18(32-3)11-19(33-4)22(16)26/h5-8,11-13H,1,9-10H2,2-4H3,(H,29,31)(H,27,28,30). The molecule has 0 atom stereocenters. The van der Waals surface area contributed by atoms with Crippen LogP contribution in [-0.2, 0) is 17.6 Å². The molecule has 2 N–H and O–H groups in total. The molecule has 3 rings (SSSR count). The van der Waals surface area contributed by atoms with Crippen LogP contribution in [-0.4, -0.2) is 30.1 Å². The zero-order chi connectivity index (χ0) is 24.0. The molecule has 0 aliphatic heterocycles. The van der Waals surface area contributed by atoms with Gasteiger partial charge in [0.15, 0.2) is 0 Å². The van der Waals surface area contributed by atoms with Crippen molar-refractivity contribution >= 4 is 46.4 Å². The van der Waals surface area contributed by atoms with Crippen LogP contribution in [0.2, 0.25) is 10.0 Å². The summed E-state index contributed by atoms with van der Waals surface area (Å²) in [4.78, 5) is 20.6. The molecule has 2 aromatic carbocycles. The minimum absolute atomic E-state index is 0.300. The molecule has 0 aliphatic carbocycles. The lowest BCUT2D eigenvalue weighted by molar-refractivity contribution is -0.111. The van der Waals surface area contributed by atoms with Crippen molar-refractivity contribution in [3.8, 4) is 11.5 Å². The first-order valence-corrected chi connectivity index (χ1v) is 10.8. The van der Waals surface area contributed by atoms with E-state index in [-0.39, 0.29) is 5.91 Å². The van der Waals surface area contributed by atoms with Gasteiger partial charge in [0.1, 0.15) is 11.5 Å². The van der Waals surface area contributed by atoms with Gasteiger partial charge in [0.25, 0.3) is 0 Å². The predicted octanol–water partition coefficient (Wildman–Crippen LogP) is 5.76. The highest BCUT2D eigenvalue weighted by molar-refractivity contribution is 6.37. The molecular weight excluding hydrogens is 463 g/mol. The highest BCUT2D eigenvalue weighted by Gasteiger charge is 2.17. The van der Waals surface area contributed by atoms with Gasteiger partial charge in [-0.15, -0.1) is 0 Å². The van der Waals surface area contributed by atoms with Gasteiger partial charge in [-0.25, -0.2) is 9.97 Å². The molecule has 172 valence electrons. The number of anilines is 3. The number of nitrogens with zero attached hydrogens (tertiary/aromatic N) is 2. The fourth-order valence-electron chi connectivity index (χ4n) is 3.21. The third-order valence-electron chi connectivity index (χ3n) is 4.99. The van der Waals surface area contributed by atoms with Gasteiger partial charge in [0.2, 0.25) is 11.9 Å². The number of carbonyl (C=O) groups is 1. The first-order chi connectivity index (χ1) is 15.9. The van der Waals surface area contributed by atoms with E-state index >= 15 is 0 Å². The van der Waals surface area contributed by atoms with Crippen molar-refractivity contribution in [3.63, 3.8) is 0 Å². The molecule has 9 heteroatoms. The number of ether oxygens (including phenoxy) is 2. The van der Waals surface area contributed by atoms with E-state index in [2.05, 4.69) is 27.2 Å². The average molecular weight is 487 g/mol. The van der Waals surface area contributed by atoms with E-state index in [4.69, 9.17) is 32.7 Å². The molecule has 1 amide bonds. The van der Waals surface area contributed by atoms with Gasteiger partial charge in [-0.2, -0.15) is 0 Å². The van der Waals surface area contributed by atoms with Gasteiger partial charge in [0, 0.05) is 18.5 Å². The Morgan fingerprint density at radius 3 is 2.30 bits per heavy atom. The summed E-state index contributed by atoms with van der Waals surface area (Å²) in [5.41, 5.74) is 3.89. The largest absolute Gasteiger partial charge is 0.495 e. The van der Waals surface area contributed by atoms with Crippen molar-refractivity contribution < 1.29 is 14.3 Å². The van der Waals surface area contributed by atoms with E-state index in [0.29, 0.717) is 51.7 Å². The number of halogens is 2. The van der Waals surface area contributed by atoms with Crippen LogP contribution < -0.4 is 20.1 Å². The molecule has 0 radical (unpaired) electrons. The van der Waals surface area contributed by atoms with Gasteiger partial charge in [-0.1, -0.05) is 41.9 Å². The van der Waals surface area contributed by atoms with E-state index in [1.807, 2.05) is 19.1 Å². The van der Waals surface area contributed by atoms with Crippen LogP contribution in [0.3, 0.4) is 0 Å². The number of hydrogen-bond acceptors (Lipinski definition) is 6. The Labute approximate surface area is 202 Å². The molecule has 0 fully saturated rings. The van der Waals surface area contributed by atoms with E-state index in [1.165, 1.54) is 6.08 Å². The topological polar surface area (TPSA) is 85.4 Å². The molecule has 0 bridgehead atoms. The van der Waals surface area contributed by atoms with Gasteiger partial charge < -0.3 is 20.1 Å². The molecule has 33 heavy (non-hydrogen) atoms. The van der Waals surface area contributed by atoms with Crippen molar-refractivity contribution in [2.24, 2.45) is 0 Å². The summed E-state index contributed by atoms with van der Waals surface area (Å²) in [5, 5.41) is 6.86. The lowest BCUT2D eigenvalue weighted by Gasteiger charge is -2.15. The van der Waals surface area contributed by atoms with Crippen LogP contribution in [0.15, 0.2) is 49.3 Å². The average Bonchev–Trinajstić information content (AvgIpc) is 2.82. The summed E-state index contributed by atoms with van der Waals surface area (Å²) in [5.74, 6) is 1.11. The second-order valence-corrected chi connectivity index (χ2v) is 7.87. The van der Waals surface area contributed by atoms with Crippen LogP contribution in [0.4, 0.5) is 17.3 Å². The summed E-state index contributed by atoms with van der Waals surface area (Å²) in [6.07, 6.45) is 5.84. The van der Waals surface area contributed by atoms with Crippen molar-refractivity contribution in [3.05, 3.63) is 76.0 Å². The Morgan fingerprint density at radius 1 is 1.09 bits per heavy atom. The number of hydrogen-bond donors (Lipinski definition) is 2. The van der Waals surface area contributed by atoms with Crippen molar-refractivity contribution in [1.29, 1.82) is 0 Å². The van der Waals surface area contributed by atoms with Crippen LogP contribution in [0.5, 0.6) is 11.5 Å². The second kappa shape index (κ2) is 11.0. The maximum Gasteiger partial charge on any atom is 0.247 e. The zero-order valence-corrected chi connectivity index (χ0v) is 20.0. The number of benzene rings is 2. The Kier molecular flexibility index (Phi) is 8.14. The van der Waals surface area contributed by atoms with Crippen LogP contribution in [0, 0.1) is 6.92 Å². The van der Waals surface area contributed by atoms with E-state index in [9.17, 15) is 4.79 Å². The first kappa shape index (κ1) is 24.4. The van der Waals surface area contributed by atoms with E-state index < -0.39 is 0 Å². The van der Waals surface area contributed by atoms with Crippen molar-refractivity contribution in [2.75, 3.05) is 24.9 Å². The molecule has 0 saturated carbocycles. The zero-order valence-electron chi connectivity index (χ0n) is 18.5. The summed E-state index contributed by atoms with van der Waals surface area (Å²) in [6.45, 7) is 5.41. The number of aryl methyl sites for hydroxylation is 2. The predicted molar refractivity (Wildman–Crippen MR) is 132 cm³/mol. The monoisotopic (exact) mass is 486 g/mol. The van der Waals surface area contributed by atoms with Crippen LogP contribution in [0.25, 0.3) is 0 Å². The molecule has 3 aromatic rings. The van der Waals surface area contributed by atoms with Crippen LogP contribution in [0.1, 0.15) is 16.7 Å². The first-order valence-electron chi connectivity index (χ1n) is 10.1. The highest BCUT2D eigenvalue weighted by atomic mass is 35.5. The normalized spacial score (nSPS) is 10.5. The van der Waals surface area contributed by atoms with Crippen LogP contribution >= 0.6 is 23.2 Å². The van der Waals surface area contributed by atoms with Gasteiger partial charge in [0.05, 0.1) is 35.6 Å². The SMILES string of the molecule is C=CC(=O)Nc1cccc(C)c1Nc1ncc(CCc2c(Cl)c(OC)cc(OC)c2Cl)cn1. The maximum atomic E-state index is 11.7. The number of carbonyl (C=O) groups excluding carboxylic acids is 1. The molecule has 0 unspecified atom stereocenters. The minimum atomic E-state index is -0.300. The summed E-state index contributed by atoms with van der Waals surface area (Å²) < 4.78 is 10.6. The molecule has 1 aromatic heterocycles. The summed E-state index contributed by atoms with van der Waals surface area (Å²) in [7, 11) is 3.08. The van der Waals surface area contributed by atoms with Crippen molar-refractivity contribution in [2.45, 2.75) is 19.8 Å². The van der Waals surface area contributed by atoms with Crippen molar-refractivity contribution in [1.82, 2.24) is 9.97 Å². The molecule has 1 heterocycles. The number of amides is 1. The number of nitrogens with one attached hydrogen (secondary N) is 2. The van der Waals surface area contributed by atoms with Gasteiger partial charge >= 0.3 is 0 Å². The summed E-state index contributed by atoms with van der Waals surface area (Å²) >= 11 is 12.9. The van der Waals surface area contributed by atoms with Gasteiger partial charge in [-0.3, -0.25) is 4.79 Å². The fraction of sp³-hybridized carbons (Fsp3) is 0.208. The maximum absolute atomic E-state index is 11.7. The molecule has 7 nitrogen and oxygen atoms in total. The molecule has 0 saturated heterocycles. The highest BCUT2D eigenvalue weighted by Crippen LogP contribution is 2.40. The third-order valence-corrected chi connectivity index (χ3v) is 5.82. The quantitative estimate of drug-likeness (QED) is 0.373. The lowest BCUT2D eigenvalue weighted by Crippen LogP contribution is -2.10. The minimum Gasteiger partial charge on any atom is -0.495 e. The Hall–Kier alpha value is -3.29. The number of para-hydroxylation sites is 1. The van der Waals surface area contributed by atoms with E-state index in [1.54, 1.807) is 38.7 Å². The second-order valence-electron chi connectivity index (χ2n) is 7.12. The fourth-order valence-corrected chi connectivity index (χ4v) is 3.90. The number of rotatable bonds is 9.